The molecule has 0 spiro atoms. The van der Waals surface area contributed by atoms with Gasteiger partial charge in [-0.3, -0.25) is 4.99 Å². The lowest BCUT2D eigenvalue weighted by atomic mass is 10.0. The first kappa shape index (κ1) is 14.0. The zero-order valence-electron chi connectivity index (χ0n) is 10.3. The van der Waals surface area contributed by atoms with Gasteiger partial charge in [-0.1, -0.05) is 30.3 Å². The van der Waals surface area contributed by atoms with Gasteiger partial charge in [0.1, 0.15) is 5.82 Å². The lowest BCUT2D eigenvalue weighted by molar-refractivity contribution is 0.639. The predicted octanol–water partition coefficient (Wildman–Crippen LogP) is 2.65. The number of aliphatic imine (C=N–C) groups is 1. The summed E-state index contributed by atoms with van der Waals surface area (Å²) in [5.41, 5.74) is 1.07. The summed E-state index contributed by atoms with van der Waals surface area (Å²) in [6.45, 7) is 2.34. The van der Waals surface area contributed by atoms with Crippen LogP contribution in [0.15, 0.2) is 41.4 Å². The number of fused-ring (bicyclic) bond motifs is 1. The fourth-order valence-corrected chi connectivity index (χ4v) is 2.17. The Morgan fingerprint density at radius 2 is 1.95 bits per heavy atom. The minimum absolute atomic E-state index is 0. The van der Waals surface area contributed by atoms with Gasteiger partial charge in [-0.2, -0.15) is 0 Å². The predicted molar refractivity (Wildman–Crippen MR) is 86.5 cm³/mol. The van der Waals surface area contributed by atoms with E-state index in [1.54, 1.807) is 6.07 Å². The third kappa shape index (κ3) is 2.97. The zero-order valence-corrected chi connectivity index (χ0v) is 12.6. The molecule has 0 atom stereocenters. The number of hydrogen-bond donors (Lipinski definition) is 2. The molecular formula is C14H15FIN3. The largest absolute Gasteiger partial charge is 0.355 e. The molecule has 1 aliphatic rings. The van der Waals surface area contributed by atoms with E-state index in [9.17, 15) is 4.39 Å². The van der Waals surface area contributed by atoms with Crippen LogP contribution in [0.1, 0.15) is 5.56 Å². The van der Waals surface area contributed by atoms with Crippen molar-refractivity contribution < 1.29 is 4.39 Å². The molecule has 0 aliphatic carbocycles. The van der Waals surface area contributed by atoms with E-state index in [-0.39, 0.29) is 29.8 Å². The normalized spacial score (nSPS) is 13.6. The minimum Gasteiger partial charge on any atom is -0.355 e. The van der Waals surface area contributed by atoms with Crippen molar-refractivity contribution in [2.45, 2.75) is 6.54 Å². The van der Waals surface area contributed by atoms with Crippen molar-refractivity contribution in [1.82, 2.24) is 10.6 Å². The summed E-state index contributed by atoms with van der Waals surface area (Å²) in [5, 5.41) is 7.99. The number of nitrogens with zero attached hydrogens (tertiary/aromatic N) is 1. The molecular weight excluding hydrogens is 356 g/mol. The SMILES string of the molecule is Fc1ccc(CNC2=NCCN2)c2ccccc12.I. The third-order valence-corrected chi connectivity index (χ3v) is 3.08. The maximum atomic E-state index is 13.7. The number of nitrogens with one attached hydrogen (secondary N) is 2. The molecule has 0 aromatic heterocycles. The zero-order chi connectivity index (χ0) is 12.4. The molecule has 2 aromatic carbocycles. The Kier molecular flexibility index (Phi) is 4.57. The Labute approximate surface area is 128 Å². The summed E-state index contributed by atoms with van der Waals surface area (Å²) < 4.78 is 13.7. The molecule has 0 amide bonds. The highest BCUT2D eigenvalue weighted by molar-refractivity contribution is 14.0. The molecule has 19 heavy (non-hydrogen) atoms. The molecule has 0 fully saturated rings. The summed E-state index contributed by atoms with van der Waals surface area (Å²) in [5.74, 6) is 0.647. The molecule has 0 unspecified atom stereocenters. The maximum Gasteiger partial charge on any atom is 0.191 e. The second kappa shape index (κ2) is 6.18. The molecule has 0 saturated heterocycles. The number of benzene rings is 2. The van der Waals surface area contributed by atoms with E-state index in [2.05, 4.69) is 15.6 Å². The highest BCUT2D eigenvalue weighted by Gasteiger charge is 2.07. The second-order valence-corrected chi connectivity index (χ2v) is 4.26. The van der Waals surface area contributed by atoms with Gasteiger partial charge in [0.2, 0.25) is 0 Å². The van der Waals surface area contributed by atoms with Crippen molar-refractivity contribution in [2.75, 3.05) is 13.1 Å². The van der Waals surface area contributed by atoms with Gasteiger partial charge < -0.3 is 10.6 Å². The standard InChI is InChI=1S/C14H14FN3.HI/c15-13-6-5-10(9-18-14-16-7-8-17-14)11-3-1-2-4-12(11)13;/h1-6H,7-9H2,(H2,16,17,18);1H. The molecule has 1 heterocycles. The fraction of sp³-hybridized carbons (Fsp3) is 0.214. The molecule has 3 rings (SSSR count). The van der Waals surface area contributed by atoms with E-state index in [0.29, 0.717) is 11.9 Å². The van der Waals surface area contributed by atoms with Gasteiger partial charge in [-0.05, 0) is 17.0 Å². The van der Waals surface area contributed by atoms with E-state index in [4.69, 9.17) is 0 Å². The first-order chi connectivity index (χ1) is 8.84. The Bertz CT molecular complexity index is 613. The van der Waals surface area contributed by atoms with Crippen molar-refractivity contribution in [2.24, 2.45) is 4.99 Å². The van der Waals surface area contributed by atoms with Gasteiger partial charge in [0.05, 0.1) is 6.54 Å². The lowest BCUT2D eigenvalue weighted by Crippen LogP contribution is -2.33. The van der Waals surface area contributed by atoms with E-state index >= 15 is 0 Å². The van der Waals surface area contributed by atoms with Crippen LogP contribution in [0.3, 0.4) is 0 Å². The molecule has 2 aromatic rings. The van der Waals surface area contributed by atoms with Gasteiger partial charge in [-0.25, -0.2) is 4.39 Å². The molecule has 0 radical (unpaired) electrons. The smallest absolute Gasteiger partial charge is 0.191 e. The van der Waals surface area contributed by atoms with Crippen molar-refractivity contribution in [1.29, 1.82) is 0 Å². The molecule has 0 saturated carbocycles. The van der Waals surface area contributed by atoms with E-state index in [0.717, 1.165) is 30.0 Å². The Balaban J connectivity index is 0.00000133. The maximum absolute atomic E-state index is 13.7. The number of hydrogen-bond acceptors (Lipinski definition) is 3. The summed E-state index contributed by atoms with van der Waals surface area (Å²) >= 11 is 0. The van der Waals surface area contributed by atoms with E-state index in [1.165, 1.54) is 6.07 Å². The van der Waals surface area contributed by atoms with Crippen LogP contribution in [-0.2, 0) is 6.54 Å². The van der Waals surface area contributed by atoms with Crippen LogP contribution < -0.4 is 10.6 Å². The first-order valence-electron chi connectivity index (χ1n) is 6.03. The van der Waals surface area contributed by atoms with Crippen LogP contribution in [0.2, 0.25) is 0 Å². The van der Waals surface area contributed by atoms with Crippen LogP contribution >= 0.6 is 24.0 Å². The molecule has 100 valence electrons. The first-order valence-corrected chi connectivity index (χ1v) is 6.03. The number of halogens is 2. The third-order valence-electron chi connectivity index (χ3n) is 3.08. The second-order valence-electron chi connectivity index (χ2n) is 4.26. The average Bonchev–Trinajstić information content (AvgIpc) is 2.92. The topological polar surface area (TPSA) is 36.4 Å². The van der Waals surface area contributed by atoms with Crippen LogP contribution in [0.5, 0.6) is 0 Å². The highest BCUT2D eigenvalue weighted by atomic mass is 127. The van der Waals surface area contributed by atoms with Crippen molar-refractivity contribution >= 4 is 40.7 Å². The van der Waals surface area contributed by atoms with Crippen LogP contribution in [-0.4, -0.2) is 19.0 Å². The molecule has 0 bridgehead atoms. The minimum atomic E-state index is -0.175. The Morgan fingerprint density at radius 3 is 2.68 bits per heavy atom. The molecule has 1 aliphatic heterocycles. The van der Waals surface area contributed by atoms with Crippen LogP contribution in [0, 0.1) is 5.82 Å². The summed E-state index contributed by atoms with van der Waals surface area (Å²) in [6.07, 6.45) is 0. The van der Waals surface area contributed by atoms with Crippen molar-refractivity contribution in [3.8, 4) is 0 Å². The molecule has 2 N–H and O–H groups in total. The average molecular weight is 371 g/mol. The van der Waals surface area contributed by atoms with Crippen LogP contribution in [0.4, 0.5) is 4.39 Å². The molecule has 3 nitrogen and oxygen atoms in total. The fourth-order valence-electron chi connectivity index (χ4n) is 2.17. The Hall–Kier alpha value is -1.37. The van der Waals surface area contributed by atoms with Gasteiger partial charge in [0, 0.05) is 18.5 Å². The van der Waals surface area contributed by atoms with Gasteiger partial charge in [0.15, 0.2) is 5.96 Å². The Morgan fingerprint density at radius 1 is 1.16 bits per heavy atom. The molecule has 5 heteroatoms. The van der Waals surface area contributed by atoms with Crippen molar-refractivity contribution in [3.63, 3.8) is 0 Å². The van der Waals surface area contributed by atoms with Crippen LogP contribution in [0.25, 0.3) is 10.8 Å². The van der Waals surface area contributed by atoms with Gasteiger partial charge >= 0.3 is 0 Å². The lowest BCUT2D eigenvalue weighted by Gasteiger charge is -2.10. The highest BCUT2D eigenvalue weighted by Crippen LogP contribution is 2.21. The summed E-state index contributed by atoms with van der Waals surface area (Å²) in [7, 11) is 0. The van der Waals surface area contributed by atoms with E-state index in [1.807, 2.05) is 24.3 Å². The monoisotopic (exact) mass is 371 g/mol. The summed E-state index contributed by atoms with van der Waals surface area (Å²) in [6, 6.07) is 10.9. The van der Waals surface area contributed by atoms with Gasteiger partial charge in [0.25, 0.3) is 0 Å². The quantitative estimate of drug-likeness (QED) is 0.797. The summed E-state index contributed by atoms with van der Waals surface area (Å²) in [4.78, 5) is 4.27. The van der Waals surface area contributed by atoms with E-state index < -0.39 is 0 Å². The number of guanidine groups is 1. The van der Waals surface area contributed by atoms with Gasteiger partial charge in [-0.15, -0.1) is 24.0 Å². The number of rotatable bonds is 2. The van der Waals surface area contributed by atoms with Crippen molar-refractivity contribution in [3.05, 3.63) is 47.8 Å².